The van der Waals surface area contributed by atoms with Crippen molar-refractivity contribution in [1.82, 2.24) is 0 Å². The van der Waals surface area contributed by atoms with E-state index in [9.17, 15) is 41.4 Å². The van der Waals surface area contributed by atoms with Crippen molar-refractivity contribution in [2.75, 3.05) is 14.8 Å². The van der Waals surface area contributed by atoms with Crippen LogP contribution in [0.2, 0.25) is 0 Å². The van der Waals surface area contributed by atoms with Crippen LogP contribution in [-0.2, 0) is 20.0 Å². The lowest BCUT2D eigenvalue weighted by Gasteiger charge is -2.17. The van der Waals surface area contributed by atoms with Gasteiger partial charge in [-0.15, -0.1) is 0 Å². The quantitative estimate of drug-likeness (QED) is 0.212. The smallest absolute Gasteiger partial charge is 0.337 e. The maximum atomic E-state index is 13.6. The molecule has 0 aliphatic carbocycles. The van der Waals surface area contributed by atoms with E-state index in [2.05, 4.69) is 14.8 Å². The van der Waals surface area contributed by atoms with Gasteiger partial charge in [-0.25, -0.2) is 26.4 Å². The number of hydrogen-bond donors (Lipinski definition) is 5. The first-order chi connectivity index (χ1) is 18.4. The molecule has 0 saturated heterocycles. The van der Waals surface area contributed by atoms with Gasteiger partial charge in [-0.2, -0.15) is 0 Å². The van der Waals surface area contributed by atoms with Gasteiger partial charge in [-0.05, 0) is 36.4 Å². The van der Waals surface area contributed by atoms with Crippen LogP contribution in [0, 0.1) is 0 Å². The van der Waals surface area contributed by atoms with E-state index in [0.29, 0.717) is 0 Å². The van der Waals surface area contributed by atoms with Crippen LogP contribution in [0.5, 0.6) is 0 Å². The molecule has 5 rings (SSSR count). The second kappa shape index (κ2) is 9.11. The maximum Gasteiger partial charge on any atom is 0.337 e. The number of carboxylic acid groups (broad SMARTS) is 2. The van der Waals surface area contributed by atoms with Gasteiger partial charge in [-0.3, -0.25) is 14.2 Å². The summed E-state index contributed by atoms with van der Waals surface area (Å²) >= 11 is 0. The van der Waals surface area contributed by atoms with E-state index in [1.165, 1.54) is 66.7 Å². The lowest BCUT2D eigenvalue weighted by Crippen LogP contribution is -2.20. The van der Waals surface area contributed by atoms with Crippen LogP contribution in [-0.4, -0.2) is 44.9 Å². The van der Waals surface area contributed by atoms with Crippen molar-refractivity contribution in [2.24, 2.45) is 0 Å². The minimum atomic E-state index is -4.69. The molecule has 198 valence electrons. The molecule has 0 fully saturated rings. The summed E-state index contributed by atoms with van der Waals surface area (Å²) in [5.74, 6) is -3.47. The van der Waals surface area contributed by atoms with E-state index >= 15 is 0 Å². The van der Waals surface area contributed by atoms with E-state index in [0.717, 1.165) is 6.07 Å². The summed E-state index contributed by atoms with van der Waals surface area (Å²) in [5, 5.41) is 21.4. The molecule has 0 bridgehead atoms. The highest BCUT2D eigenvalue weighted by atomic mass is 32.2. The largest absolute Gasteiger partial charge is 0.478 e. The molecule has 39 heavy (non-hydrogen) atoms. The number of carbonyl (C=O) groups is 3. The SMILES string of the molecule is O=C(O)c1ccccc1NS(=O)(=O)c1cc(S(=O)(=O)Nc2ccccc2C(=O)O)c2cccc3c2c1NC3=O. The lowest BCUT2D eigenvalue weighted by molar-refractivity contribution is 0.0687. The molecule has 0 saturated carbocycles. The molecule has 12 nitrogen and oxygen atoms in total. The van der Waals surface area contributed by atoms with E-state index in [-0.39, 0.29) is 44.5 Å². The number of carbonyl (C=O) groups excluding carboxylic acids is 1. The zero-order chi connectivity index (χ0) is 28.1. The van der Waals surface area contributed by atoms with Gasteiger partial charge < -0.3 is 15.5 Å². The van der Waals surface area contributed by atoms with E-state index in [1.54, 1.807) is 0 Å². The number of nitrogens with one attached hydrogen (secondary N) is 3. The highest BCUT2D eigenvalue weighted by Gasteiger charge is 2.34. The van der Waals surface area contributed by atoms with Crippen LogP contribution < -0.4 is 14.8 Å². The van der Waals surface area contributed by atoms with Crippen LogP contribution in [0.15, 0.2) is 82.6 Å². The molecule has 0 unspecified atom stereocenters. The minimum Gasteiger partial charge on any atom is -0.478 e. The third-order valence-electron chi connectivity index (χ3n) is 5.95. The minimum absolute atomic E-state index is 0.00559. The molecule has 1 amide bonds. The van der Waals surface area contributed by atoms with Gasteiger partial charge in [0, 0.05) is 16.3 Å². The normalized spacial score (nSPS) is 12.7. The second-order valence-corrected chi connectivity index (χ2v) is 11.6. The van der Waals surface area contributed by atoms with Gasteiger partial charge >= 0.3 is 11.9 Å². The highest BCUT2D eigenvalue weighted by Crippen LogP contribution is 2.42. The second-order valence-electron chi connectivity index (χ2n) is 8.34. The number of benzene rings is 4. The molecule has 0 atom stereocenters. The molecular weight excluding hydrogens is 550 g/mol. The molecule has 0 radical (unpaired) electrons. The highest BCUT2D eigenvalue weighted by molar-refractivity contribution is 7.93. The molecule has 4 aromatic carbocycles. The standard InChI is InChI=1S/C25H17N3O9S2/c29-23-16-9-5-8-15-19(38(34,35)27-17-10-3-1-6-13(17)24(30)31)12-20(22(26-23)21(15)16)39(36,37)28-18-11-4-2-7-14(18)25(32)33/h1-12,27-28H,(H,26,29)(H,30,31)(H,32,33). The number of rotatable bonds is 8. The summed E-state index contributed by atoms with van der Waals surface area (Å²) in [6.07, 6.45) is 0. The van der Waals surface area contributed by atoms with Crippen LogP contribution in [0.4, 0.5) is 17.1 Å². The molecule has 4 aromatic rings. The van der Waals surface area contributed by atoms with Crippen LogP contribution in [0.3, 0.4) is 0 Å². The van der Waals surface area contributed by atoms with Gasteiger partial charge in [0.2, 0.25) is 0 Å². The summed E-state index contributed by atoms with van der Waals surface area (Å²) in [6, 6.07) is 15.5. The van der Waals surface area contributed by atoms with Crippen molar-refractivity contribution in [3.63, 3.8) is 0 Å². The number of anilines is 3. The van der Waals surface area contributed by atoms with Gasteiger partial charge in [0.05, 0.1) is 33.1 Å². The fraction of sp³-hybridized carbons (Fsp3) is 0. The van der Waals surface area contributed by atoms with Crippen molar-refractivity contribution in [3.8, 4) is 0 Å². The molecule has 1 aliphatic rings. The van der Waals surface area contributed by atoms with Gasteiger partial charge in [-0.1, -0.05) is 36.4 Å². The summed E-state index contributed by atoms with van der Waals surface area (Å²) in [6.45, 7) is 0. The molecule has 0 spiro atoms. The summed E-state index contributed by atoms with van der Waals surface area (Å²) in [4.78, 5) is 34.7. The number of carboxylic acids is 2. The Morgan fingerprint density at radius 2 is 1.21 bits per heavy atom. The van der Waals surface area contributed by atoms with Crippen LogP contribution in [0.25, 0.3) is 10.8 Å². The molecule has 0 aromatic heterocycles. The van der Waals surface area contributed by atoms with E-state index in [4.69, 9.17) is 0 Å². The number of aromatic carboxylic acids is 2. The Morgan fingerprint density at radius 3 is 1.74 bits per heavy atom. The maximum absolute atomic E-state index is 13.6. The van der Waals surface area contributed by atoms with Gasteiger partial charge in [0.15, 0.2) is 0 Å². The van der Waals surface area contributed by atoms with Gasteiger partial charge in [0.25, 0.3) is 26.0 Å². The average Bonchev–Trinajstić information content (AvgIpc) is 3.21. The summed E-state index contributed by atoms with van der Waals surface area (Å²) in [7, 11) is -9.32. The Labute approximate surface area is 221 Å². The first-order valence-electron chi connectivity index (χ1n) is 11.0. The molecule has 1 aliphatic heterocycles. The first-order valence-corrected chi connectivity index (χ1v) is 14.0. The topological polar surface area (TPSA) is 196 Å². The van der Waals surface area contributed by atoms with Crippen molar-refractivity contribution in [3.05, 3.63) is 89.5 Å². The molecule has 14 heteroatoms. The number of amides is 1. The lowest BCUT2D eigenvalue weighted by atomic mass is 10.1. The van der Waals surface area contributed by atoms with Crippen molar-refractivity contribution >= 4 is 65.7 Å². The Balaban J connectivity index is 1.73. The predicted molar refractivity (Wildman–Crippen MR) is 140 cm³/mol. The monoisotopic (exact) mass is 567 g/mol. The molecule has 5 N–H and O–H groups in total. The fourth-order valence-corrected chi connectivity index (χ4v) is 6.92. The van der Waals surface area contributed by atoms with Crippen molar-refractivity contribution in [1.29, 1.82) is 0 Å². The van der Waals surface area contributed by atoms with E-state index in [1.807, 2.05) is 0 Å². The molecule has 1 heterocycles. The third-order valence-corrected chi connectivity index (χ3v) is 8.75. The number of para-hydroxylation sites is 2. The Hall–Kier alpha value is -4.95. The van der Waals surface area contributed by atoms with Gasteiger partial charge in [0.1, 0.15) is 4.90 Å². The van der Waals surface area contributed by atoms with E-state index < -0.39 is 47.7 Å². The number of hydrogen-bond acceptors (Lipinski definition) is 7. The average molecular weight is 568 g/mol. The Kier molecular flexibility index (Phi) is 6.00. The first kappa shape index (κ1) is 25.7. The van der Waals surface area contributed by atoms with Crippen molar-refractivity contribution < 1.29 is 41.4 Å². The Morgan fingerprint density at radius 1 is 0.692 bits per heavy atom. The summed E-state index contributed by atoms with van der Waals surface area (Å²) < 4.78 is 58.7. The van der Waals surface area contributed by atoms with Crippen LogP contribution >= 0.6 is 0 Å². The number of sulfonamides is 2. The fourth-order valence-electron chi connectivity index (χ4n) is 4.26. The predicted octanol–water partition coefficient (Wildman–Crippen LogP) is 3.40. The molecular formula is C25H17N3O9S2. The zero-order valence-electron chi connectivity index (χ0n) is 19.5. The summed E-state index contributed by atoms with van der Waals surface area (Å²) in [5.41, 5.74) is -1.41. The van der Waals surface area contributed by atoms with Crippen LogP contribution in [0.1, 0.15) is 31.1 Å². The third kappa shape index (κ3) is 4.41. The van der Waals surface area contributed by atoms with Crippen molar-refractivity contribution in [2.45, 2.75) is 9.79 Å². The Bertz CT molecular complexity index is 1950. The zero-order valence-corrected chi connectivity index (χ0v) is 21.1.